The molecule has 0 aromatic carbocycles. The van der Waals surface area contributed by atoms with Gasteiger partial charge in [0.05, 0.1) is 12.6 Å². The lowest BCUT2D eigenvalue weighted by Gasteiger charge is -2.24. The molecule has 1 N–H and O–H groups in total. The molecule has 0 amide bonds. The fourth-order valence-electron chi connectivity index (χ4n) is 1.92. The molecule has 1 unspecified atom stereocenters. The summed E-state index contributed by atoms with van der Waals surface area (Å²) in [6, 6.07) is 0.0645. The number of aliphatic hydroxyl groups excluding tert-OH is 1. The fourth-order valence-corrected chi connectivity index (χ4v) is 1.92. The third-order valence-electron chi connectivity index (χ3n) is 2.76. The van der Waals surface area contributed by atoms with E-state index in [2.05, 4.69) is 0 Å². The predicted octanol–water partition coefficient (Wildman–Crippen LogP) is 0.812. The van der Waals surface area contributed by atoms with Gasteiger partial charge in [-0.15, -0.1) is 0 Å². The Labute approximate surface area is 79.7 Å². The van der Waals surface area contributed by atoms with Gasteiger partial charge in [0, 0.05) is 13.0 Å². The number of ketones is 1. The first-order valence-electron chi connectivity index (χ1n) is 5.09. The van der Waals surface area contributed by atoms with Crippen molar-refractivity contribution in [3.63, 3.8) is 0 Å². The number of rotatable bonds is 3. The molecule has 0 saturated heterocycles. The van der Waals surface area contributed by atoms with E-state index in [0.717, 1.165) is 25.7 Å². The van der Waals surface area contributed by atoms with Gasteiger partial charge in [-0.05, 0) is 19.9 Å². The Kier molecular flexibility index (Phi) is 4.39. The average molecular weight is 185 g/mol. The number of aliphatic hydroxyl groups is 1. The van der Waals surface area contributed by atoms with Gasteiger partial charge in [0.2, 0.25) is 0 Å². The maximum Gasteiger partial charge on any atom is 0.149 e. The van der Waals surface area contributed by atoms with E-state index in [1.807, 2.05) is 11.9 Å². The minimum atomic E-state index is 0.0645. The molecule has 0 aromatic rings. The molecule has 0 aliphatic heterocycles. The highest BCUT2D eigenvalue weighted by molar-refractivity contribution is 5.84. The monoisotopic (exact) mass is 185 g/mol. The van der Waals surface area contributed by atoms with E-state index >= 15 is 0 Å². The summed E-state index contributed by atoms with van der Waals surface area (Å²) in [7, 11) is 1.92. The highest BCUT2D eigenvalue weighted by atomic mass is 16.3. The van der Waals surface area contributed by atoms with Gasteiger partial charge in [-0.25, -0.2) is 0 Å². The zero-order chi connectivity index (χ0) is 9.68. The number of Topliss-reactive ketones (excluding diaryl/α,β-unsaturated/α-hetero) is 1. The quantitative estimate of drug-likeness (QED) is 0.661. The molecular formula is C10H19NO2. The van der Waals surface area contributed by atoms with Crippen molar-refractivity contribution in [1.82, 2.24) is 4.90 Å². The summed E-state index contributed by atoms with van der Waals surface area (Å²) in [4.78, 5) is 13.6. The Bertz CT molecular complexity index is 170. The van der Waals surface area contributed by atoms with Gasteiger partial charge in [-0.1, -0.05) is 12.8 Å². The van der Waals surface area contributed by atoms with E-state index in [-0.39, 0.29) is 12.6 Å². The molecule has 1 aliphatic carbocycles. The second kappa shape index (κ2) is 5.35. The lowest BCUT2D eigenvalue weighted by atomic mass is 10.1. The van der Waals surface area contributed by atoms with Crippen LogP contribution in [-0.4, -0.2) is 42.0 Å². The zero-order valence-corrected chi connectivity index (χ0v) is 8.33. The highest BCUT2D eigenvalue weighted by Gasteiger charge is 2.23. The number of carbonyl (C=O) groups is 1. The van der Waals surface area contributed by atoms with E-state index < -0.39 is 0 Å². The normalized spacial score (nSPS) is 24.8. The molecular weight excluding hydrogens is 166 g/mol. The van der Waals surface area contributed by atoms with Crippen LogP contribution < -0.4 is 0 Å². The molecule has 3 nitrogen and oxygen atoms in total. The minimum absolute atomic E-state index is 0.0645. The molecule has 0 bridgehead atoms. The first kappa shape index (κ1) is 10.7. The van der Waals surface area contributed by atoms with Crippen molar-refractivity contribution in [3.05, 3.63) is 0 Å². The summed E-state index contributed by atoms with van der Waals surface area (Å²) in [6.07, 6.45) is 5.06. The first-order chi connectivity index (χ1) is 6.25. The van der Waals surface area contributed by atoms with Gasteiger partial charge in [-0.2, -0.15) is 0 Å². The van der Waals surface area contributed by atoms with Crippen molar-refractivity contribution in [2.45, 2.75) is 38.1 Å². The van der Waals surface area contributed by atoms with Crippen LogP contribution in [0.5, 0.6) is 0 Å². The van der Waals surface area contributed by atoms with Crippen LogP contribution in [0.3, 0.4) is 0 Å². The van der Waals surface area contributed by atoms with Gasteiger partial charge in [0.25, 0.3) is 0 Å². The van der Waals surface area contributed by atoms with Crippen LogP contribution in [0.4, 0.5) is 0 Å². The lowest BCUT2D eigenvalue weighted by Crippen LogP contribution is -2.39. The van der Waals surface area contributed by atoms with Crippen molar-refractivity contribution in [1.29, 1.82) is 0 Å². The van der Waals surface area contributed by atoms with Crippen LogP contribution in [0.25, 0.3) is 0 Å². The molecule has 0 spiro atoms. The SMILES string of the molecule is CN(CCO)C1CCCCCC1=O. The molecule has 0 aromatic heterocycles. The summed E-state index contributed by atoms with van der Waals surface area (Å²) in [6.45, 7) is 0.747. The molecule has 1 saturated carbocycles. The van der Waals surface area contributed by atoms with Crippen LogP contribution in [0.15, 0.2) is 0 Å². The highest BCUT2D eigenvalue weighted by Crippen LogP contribution is 2.17. The van der Waals surface area contributed by atoms with Crippen molar-refractivity contribution < 1.29 is 9.90 Å². The molecule has 3 heteroatoms. The maximum absolute atomic E-state index is 11.6. The third kappa shape index (κ3) is 3.08. The standard InChI is InChI=1S/C10H19NO2/c1-11(7-8-12)9-5-3-2-4-6-10(9)13/h9,12H,2-8H2,1H3. The average Bonchev–Trinajstić information content (AvgIpc) is 2.30. The largest absolute Gasteiger partial charge is 0.395 e. The van der Waals surface area contributed by atoms with E-state index in [4.69, 9.17) is 5.11 Å². The fraction of sp³-hybridized carbons (Fsp3) is 0.900. The van der Waals surface area contributed by atoms with Crippen LogP contribution >= 0.6 is 0 Å². The van der Waals surface area contributed by atoms with E-state index in [0.29, 0.717) is 12.3 Å². The van der Waals surface area contributed by atoms with Crippen molar-refractivity contribution in [2.75, 3.05) is 20.2 Å². The second-order valence-electron chi connectivity index (χ2n) is 3.79. The maximum atomic E-state index is 11.6. The molecule has 13 heavy (non-hydrogen) atoms. The Morgan fingerprint density at radius 1 is 1.46 bits per heavy atom. The Balaban J connectivity index is 2.48. The van der Waals surface area contributed by atoms with Crippen molar-refractivity contribution in [2.24, 2.45) is 0 Å². The van der Waals surface area contributed by atoms with Crippen LogP contribution in [0.1, 0.15) is 32.1 Å². The summed E-state index contributed by atoms with van der Waals surface area (Å²) >= 11 is 0. The van der Waals surface area contributed by atoms with Crippen LogP contribution in [0, 0.1) is 0 Å². The number of hydrogen-bond acceptors (Lipinski definition) is 3. The van der Waals surface area contributed by atoms with E-state index in [1.165, 1.54) is 6.42 Å². The predicted molar refractivity (Wildman–Crippen MR) is 51.6 cm³/mol. The third-order valence-corrected chi connectivity index (χ3v) is 2.76. The Hall–Kier alpha value is -0.410. The smallest absolute Gasteiger partial charge is 0.149 e. The summed E-state index contributed by atoms with van der Waals surface area (Å²) < 4.78 is 0. The molecule has 0 heterocycles. The van der Waals surface area contributed by atoms with Crippen molar-refractivity contribution in [3.8, 4) is 0 Å². The zero-order valence-electron chi connectivity index (χ0n) is 8.33. The van der Waals surface area contributed by atoms with Gasteiger partial charge < -0.3 is 5.11 Å². The summed E-state index contributed by atoms with van der Waals surface area (Å²) in [5, 5.41) is 8.77. The van der Waals surface area contributed by atoms with Crippen molar-refractivity contribution >= 4 is 5.78 Å². The topological polar surface area (TPSA) is 40.5 Å². The number of hydrogen-bond donors (Lipinski definition) is 1. The molecule has 1 rings (SSSR count). The number of nitrogens with zero attached hydrogens (tertiary/aromatic N) is 1. The van der Waals surface area contributed by atoms with E-state index in [1.54, 1.807) is 0 Å². The molecule has 1 atom stereocenters. The Morgan fingerprint density at radius 2 is 2.23 bits per heavy atom. The molecule has 76 valence electrons. The number of carbonyl (C=O) groups excluding carboxylic acids is 1. The Morgan fingerprint density at radius 3 is 2.92 bits per heavy atom. The minimum Gasteiger partial charge on any atom is -0.395 e. The molecule has 1 aliphatic rings. The molecule has 0 radical (unpaired) electrons. The number of likely N-dealkylation sites (N-methyl/N-ethyl adjacent to an activating group) is 1. The lowest BCUT2D eigenvalue weighted by molar-refractivity contribution is -0.123. The van der Waals surface area contributed by atoms with Gasteiger partial charge in [-0.3, -0.25) is 9.69 Å². The summed E-state index contributed by atoms with van der Waals surface area (Å²) in [5.41, 5.74) is 0. The van der Waals surface area contributed by atoms with Gasteiger partial charge in [0.1, 0.15) is 5.78 Å². The summed E-state index contributed by atoms with van der Waals surface area (Å²) in [5.74, 6) is 0.355. The second-order valence-corrected chi connectivity index (χ2v) is 3.79. The van der Waals surface area contributed by atoms with E-state index in [9.17, 15) is 4.79 Å². The van der Waals surface area contributed by atoms with Gasteiger partial charge >= 0.3 is 0 Å². The van der Waals surface area contributed by atoms with Gasteiger partial charge in [0.15, 0.2) is 0 Å². The molecule has 1 fully saturated rings. The first-order valence-corrected chi connectivity index (χ1v) is 5.09. The van der Waals surface area contributed by atoms with Crippen LogP contribution in [0.2, 0.25) is 0 Å². The van der Waals surface area contributed by atoms with Crippen LogP contribution in [-0.2, 0) is 4.79 Å².